The van der Waals surface area contributed by atoms with Gasteiger partial charge < -0.3 is 16.0 Å². The Morgan fingerprint density at radius 3 is 2.50 bits per heavy atom. The second-order valence-electron chi connectivity index (χ2n) is 4.70. The number of carbonyl (C=O) groups is 2. The summed E-state index contributed by atoms with van der Waals surface area (Å²) in [5, 5.41) is 3.36. The molecule has 0 unspecified atom stereocenters. The molecule has 2 rings (SSSR count). The SMILES string of the molecule is CN(C(=O)CNc1cc(Cl)ccc1C(N)=O)c1ccccc1. The van der Waals surface area contributed by atoms with Gasteiger partial charge in [-0.2, -0.15) is 0 Å². The van der Waals surface area contributed by atoms with Gasteiger partial charge in [0.15, 0.2) is 0 Å². The lowest BCUT2D eigenvalue weighted by atomic mass is 10.1. The first-order valence-electron chi connectivity index (χ1n) is 6.64. The summed E-state index contributed by atoms with van der Waals surface area (Å²) in [7, 11) is 1.69. The Bertz CT molecular complexity index is 689. The molecular formula is C16H16ClN3O2. The maximum absolute atomic E-state index is 12.2. The van der Waals surface area contributed by atoms with Crippen molar-refractivity contribution in [3.63, 3.8) is 0 Å². The second kappa shape index (κ2) is 6.95. The summed E-state index contributed by atoms with van der Waals surface area (Å²) in [6.45, 7) is 0.0199. The van der Waals surface area contributed by atoms with E-state index in [0.717, 1.165) is 5.69 Å². The number of halogens is 1. The fourth-order valence-corrected chi connectivity index (χ4v) is 2.13. The Balaban J connectivity index is 2.08. The third-order valence-electron chi connectivity index (χ3n) is 3.19. The number of likely N-dealkylation sites (N-methyl/N-ethyl adjacent to an activating group) is 1. The second-order valence-corrected chi connectivity index (χ2v) is 5.13. The van der Waals surface area contributed by atoms with Crippen LogP contribution in [0.4, 0.5) is 11.4 Å². The molecule has 0 aliphatic carbocycles. The number of nitrogens with zero attached hydrogens (tertiary/aromatic N) is 1. The summed E-state index contributed by atoms with van der Waals surface area (Å²) in [5.41, 5.74) is 6.82. The molecule has 0 heterocycles. The number of hydrogen-bond acceptors (Lipinski definition) is 3. The minimum absolute atomic E-state index is 0.0199. The van der Waals surface area contributed by atoms with E-state index in [1.807, 2.05) is 30.3 Å². The van der Waals surface area contributed by atoms with Crippen molar-refractivity contribution in [2.45, 2.75) is 0 Å². The van der Waals surface area contributed by atoms with E-state index < -0.39 is 5.91 Å². The lowest BCUT2D eigenvalue weighted by Gasteiger charge is -2.18. The van der Waals surface area contributed by atoms with E-state index in [2.05, 4.69) is 5.32 Å². The van der Waals surface area contributed by atoms with E-state index in [4.69, 9.17) is 17.3 Å². The molecule has 6 heteroatoms. The first-order valence-corrected chi connectivity index (χ1v) is 7.01. The van der Waals surface area contributed by atoms with Gasteiger partial charge in [-0.25, -0.2) is 0 Å². The minimum atomic E-state index is -0.581. The number of nitrogens with two attached hydrogens (primary N) is 1. The molecule has 0 atom stereocenters. The molecule has 0 fully saturated rings. The lowest BCUT2D eigenvalue weighted by Crippen LogP contribution is -2.32. The molecule has 2 amide bonds. The average molecular weight is 318 g/mol. The number of hydrogen-bond donors (Lipinski definition) is 2. The van der Waals surface area contributed by atoms with E-state index in [0.29, 0.717) is 16.3 Å². The Morgan fingerprint density at radius 2 is 1.86 bits per heavy atom. The molecule has 5 nitrogen and oxygen atoms in total. The van der Waals surface area contributed by atoms with Crippen molar-refractivity contribution in [2.24, 2.45) is 5.73 Å². The average Bonchev–Trinajstić information content (AvgIpc) is 2.52. The summed E-state index contributed by atoms with van der Waals surface area (Å²) >= 11 is 5.91. The van der Waals surface area contributed by atoms with Crippen LogP contribution in [0.5, 0.6) is 0 Å². The third-order valence-corrected chi connectivity index (χ3v) is 3.43. The number of para-hydroxylation sites is 1. The third kappa shape index (κ3) is 3.77. The summed E-state index contributed by atoms with van der Waals surface area (Å²) in [5.74, 6) is -0.732. The summed E-state index contributed by atoms with van der Waals surface area (Å²) in [6, 6.07) is 13.9. The van der Waals surface area contributed by atoms with E-state index >= 15 is 0 Å². The van der Waals surface area contributed by atoms with Crippen LogP contribution < -0.4 is 16.0 Å². The van der Waals surface area contributed by atoms with Gasteiger partial charge in [0.05, 0.1) is 12.1 Å². The van der Waals surface area contributed by atoms with Gasteiger partial charge in [-0.15, -0.1) is 0 Å². The summed E-state index contributed by atoms with van der Waals surface area (Å²) in [4.78, 5) is 25.1. The molecule has 0 bridgehead atoms. The number of rotatable bonds is 5. The quantitative estimate of drug-likeness (QED) is 0.889. The molecule has 2 aromatic carbocycles. The number of amides is 2. The molecule has 0 aromatic heterocycles. The van der Waals surface area contributed by atoms with Gasteiger partial charge >= 0.3 is 0 Å². The van der Waals surface area contributed by atoms with Gasteiger partial charge in [-0.1, -0.05) is 29.8 Å². The highest BCUT2D eigenvalue weighted by Crippen LogP contribution is 2.21. The highest BCUT2D eigenvalue weighted by molar-refractivity contribution is 6.31. The van der Waals surface area contributed by atoms with Crippen LogP contribution in [-0.2, 0) is 4.79 Å². The van der Waals surface area contributed by atoms with Gasteiger partial charge in [0.2, 0.25) is 5.91 Å². The van der Waals surface area contributed by atoms with Gasteiger partial charge in [0.1, 0.15) is 0 Å². The Labute approximate surface area is 133 Å². The summed E-state index contributed by atoms with van der Waals surface area (Å²) in [6.07, 6.45) is 0. The highest BCUT2D eigenvalue weighted by Gasteiger charge is 2.13. The summed E-state index contributed by atoms with van der Waals surface area (Å²) < 4.78 is 0. The molecule has 22 heavy (non-hydrogen) atoms. The minimum Gasteiger partial charge on any atom is -0.375 e. The topological polar surface area (TPSA) is 75.4 Å². The molecular weight excluding hydrogens is 302 g/mol. The van der Waals surface area contributed by atoms with E-state index in [-0.39, 0.29) is 12.5 Å². The van der Waals surface area contributed by atoms with Crippen LogP contribution in [0.1, 0.15) is 10.4 Å². The van der Waals surface area contributed by atoms with Gasteiger partial charge in [-0.3, -0.25) is 9.59 Å². The van der Waals surface area contributed by atoms with Crippen molar-refractivity contribution in [1.29, 1.82) is 0 Å². The molecule has 3 N–H and O–H groups in total. The number of primary amides is 1. The van der Waals surface area contributed by atoms with Gasteiger partial charge in [0.25, 0.3) is 5.91 Å². The standard InChI is InChI=1S/C16H16ClN3O2/c1-20(12-5-3-2-4-6-12)15(21)10-19-14-9-11(17)7-8-13(14)16(18)22/h2-9,19H,10H2,1H3,(H2,18,22). The monoisotopic (exact) mass is 317 g/mol. The zero-order chi connectivity index (χ0) is 16.1. The van der Waals surface area contributed by atoms with Crippen molar-refractivity contribution in [3.05, 3.63) is 59.1 Å². The molecule has 0 saturated carbocycles. The first kappa shape index (κ1) is 15.9. The van der Waals surface area contributed by atoms with E-state index in [1.165, 1.54) is 11.0 Å². The Hall–Kier alpha value is -2.53. The largest absolute Gasteiger partial charge is 0.375 e. The smallest absolute Gasteiger partial charge is 0.250 e. The molecule has 0 radical (unpaired) electrons. The molecule has 0 aliphatic rings. The Morgan fingerprint density at radius 1 is 1.18 bits per heavy atom. The van der Waals surface area contributed by atoms with Crippen LogP contribution >= 0.6 is 11.6 Å². The lowest BCUT2D eigenvalue weighted by molar-refractivity contribution is -0.116. The van der Waals surface area contributed by atoms with Crippen LogP contribution in [0.2, 0.25) is 5.02 Å². The van der Waals surface area contributed by atoms with E-state index in [9.17, 15) is 9.59 Å². The predicted molar refractivity (Wildman–Crippen MR) is 88.3 cm³/mol. The molecule has 2 aromatic rings. The maximum atomic E-state index is 12.2. The van der Waals surface area contributed by atoms with Crippen LogP contribution in [0, 0.1) is 0 Å². The van der Waals surface area contributed by atoms with Crippen LogP contribution in [0.25, 0.3) is 0 Å². The number of benzene rings is 2. The van der Waals surface area contributed by atoms with Crippen molar-refractivity contribution in [2.75, 3.05) is 23.8 Å². The highest BCUT2D eigenvalue weighted by atomic mass is 35.5. The van der Waals surface area contributed by atoms with Crippen molar-refractivity contribution in [1.82, 2.24) is 0 Å². The van der Waals surface area contributed by atoms with Gasteiger partial charge in [0, 0.05) is 23.4 Å². The van der Waals surface area contributed by atoms with Crippen LogP contribution in [0.3, 0.4) is 0 Å². The van der Waals surface area contributed by atoms with E-state index in [1.54, 1.807) is 19.2 Å². The normalized spacial score (nSPS) is 10.1. The zero-order valence-corrected chi connectivity index (χ0v) is 12.8. The number of carbonyl (C=O) groups excluding carboxylic acids is 2. The fraction of sp³-hybridized carbons (Fsp3) is 0.125. The molecule has 0 saturated heterocycles. The number of anilines is 2. The Kier molecular flexibility index (Phi) is 5.01. The zero-order valence-electron chi connectivity index (χ0n) is 12.0. The van der Waals surface area contributed by atoms with Crippen molar-refractivity contribution in [3.8, 4) is 0 Å². The molecule has 0 spiro atoms. The molecule has 114 valence electrons. The van der Waals surface area contributed by atoms with Crippen molar-refractivity contribution >= 4 is 34.8 Å². The van der Waals surface area contributed by atoms with Gasteiger partial charge in [-0.05, 0) is 30.3 Å². The number of nitrogens with one attached hydrogen (secondary N) is 1. The first-order chi connectivity index (χ1) is 10.5. The van der Waals surface area contributed by atoms with Crippen LogP contribution in [-0.4, -0.2) is 25.4 Å². The maximum Gasteiger partial charge on any atom is 0.250 e. The van der Waals surface area contributed by atoms with Crippen molar-refractivity contribution < 1.29 is 9.59 Å². The van der Waals surface area contributed by atoms with Crippen LogP contribution in [0.15, 0.2) is 48.5 Å². The fourth-order valence-electron chi connectivity index (χ4n) is 1.96. The molecule has 0 aliphatic heterocycles. The predicted octanol–water partition coefficient (Wildman–Crippen LogP) is 2.51.